The van der Waals surface area contributed by atoms with Gasteiger partial charge in [0, 0.05) is 13.0 Å². The van der Waals surface area contributed by atoms with Crippen LogP contribution < -0.4 is 14.2 Å². The molecule has 0 aromatic heterocycles. The molecule has 0 saturated carbocycles. The van der Waals surface area contributed by atoms with Crippen LogP contribution in [0.5, 0.6) is 17.2 Å². The largest absolute Gasteiger partial charge is 0.497 e. The molecule has 6 nitrogen and oxygen atoms in total. The van der Waals surface area contributed by atoms with Crippen LogP contribution in [0.1, 0.15) is 29.6 Å². The lowest BCUT2D eigenvalue weighted by Gasteiger charge is -2.34. The number of carbonyl (C=O) groups excluding carboxylic acids is 2. The summed E-state index contributed by atoms with van der Waals surface area (Å²) in [6, 6.07) is 14.7. The molecule has 1 amide bonds. The molecule has 28 heavy (non-hydrogen) atoms. The van der Waals surface area contributed by atoms with Crippen LogP contribution in [0.15, 0.2) is 48.5 Å². The third kappa shape index (κ3) is 3.67. The lowest BCUT2D eigenvalue weighted by Crippen LogP contribution is -2.45. The molecule has 2 aliphatic heterocycles. The van der Waals surface area contributed by atoms with Crippen molar-refractivity contribution in [3.05, 3.63) is 54.1 Å². The van der Waals surface area contributed by atoms with Crippen LogP contribution in [0, 0.1) is 0 Å². The van der Waals surface area contributed by atoms with E-state index in [9.17, 15) is 9.59 Å². The summed E-state index contributed by atoms with van der Waals surface area (Å²) in [7, 11) is 1.57. The highest BCUT2D eigenvalue weighted by Gasteiger charge is 2.46. The Bertz CT molecular complexity index is 882. The lowest BCUT2D eigenvalue weighted by molar-refractivity contribution is -0.131. The van der Waals surface area contributed by atoms with Crippen molar-refractivity contribution >= 4 is 11.7 Å². The van der Waals surface area contributed by atoms with Gasteiger partial charge in [-0.05, 0) is 30.3 Å². The Hall–Kier alpha value is -3.02. The maximum atomic E-state index is 12.7. The minimum Gasteiger partial charge on any atom is -0.497 e. The Morgan fingerprint density at radius 3 is 2.79 bits per heavy atom. The molecule has 6 heteroatoms. The van der Waals surface area contributed by atoms with Gasteiger partial charge in [-0.15, -0.1) is 0 Å². The zero-order chi connectivity index (χ0) is 19.6. The Balaban J connectivity index is 1.36. The lowest BCUT2D eigenvalue weighted by atomic mass is 9.89. The third-order valence-corrected chi connectivity index (χ3v) is 5.29. The van der Waals surface area contributed by atoms with Crippen LogP contribution in [0.25, 0.3) is 0 Å². The van der Waals surface area contributed by atoms with Crippen molar-refractivity contribution in [2.75, 3.05) is 26.8 Å². The Morgan fingerprint density at radius 2 is 2.00 bits per heavy atom. The average molecular weight is 381 g/mol. The van der Waals surface area contributed by atoms with Crippen LogP contribution in [-0.4, -0.2) is 49.0 Å². The van der Waals surface area contributed by atoms with Gasteiger partial charge in [0.1, 0.15) is 22.8 Å². The molecule has 1 saturated heterocycles. The standard InChI is InChI=1S/C22H23NO5/c1-26-17-7-8-20-18(13-17)19(24)14-22(28-20)10-11-23(15-22)21(25)9-12-27-16-5-3-2-4-6-16/h2-8,13H,9-12,14-15H2,1H3. The molecular weight excluding hydrogens is 358 g/mol. The van der Waals surface area contributed by atoms with Gasteiger partial charge in [0.05, 0.1) is 38.7 Å². The minimum absolute atomic E-state index is 0.0179. The number of benzene rings is 2. The summed E-state index contributed by atoms with van der Waals surface area (Å²) in [6.07, 6.45) is 1.22. The summed E-state index contributed by atoms with van der Waals surface area (Å²) in [6.45, 7) is 1.34. The molecule has 1 atom stereocenters. The van der Waals surface area contributed by atoms with E-state index in [1.807, 2.05) is 30.3 Å². The highest BCUT2D eigenvalue weighted by molar-refractivity contribution is 6.01. The monoisotopic (exact) mass is 381 g/mol. The maximum Gasteiger partial charge on any atom is 0.226 e. The molecule has 0 aliphatic carbocycles. The van der Waals surface area contributed by atoms with Crippen LogP contribution >= 0.6 is 0 Å². The van der Waals surface area contributed by atoms with E-state index in [0.717, 1.165) is 5.75 Å². The molecule has 0 N–H and O–H groups in total. The van der Waals surface area contributed by atoms with Crippen molar-refractivity contribution in [3.63, 3.8) is 0 Å². The number of Topliss-reactive ketones (excluding diaryl/α,β-unsaturated/α-hetero) is 1. The fourth-order valence-corrected chi connectivity index (χ4v) is 3.82. The highest BCUT2D eigenvalue weighted by atomic mass is 16.5. The summed E-state index contributed by atoms with van der Waals surface area (Å²) in [5.41, 5.74) is -0.0831. The number of ketones is 1. The van der Waals surface area contributed by atoms with Crippen molar-refractivity contribution < 1.29 is 23.8 Å². The van der Waals surface area contributed by atoms with Gasteiger partial charge in [-0.1, -0.05) is 18.2 Å². The Morgan fingerprint density at radius 1 is 1.18 bits per heavy atom. The molecule has 146 valence electrons. The zero-order valence-corrected chi connectivity index (χ0v) is 15.8. The van der Waals surface area contributed by atoms with E-state index in [1.165, 1.54) is 0 Å². The van der Waals surface area contributed by atoms with Gasteiger partial charge in [0.2, 0.25) is 5.91 Å². The molecule has 4 rings (SSSR count). The number of ether oxygens (including phenoxy) is 3. The normalized spacial score (nSPS) is 20.6. The number of hydrogen-bond donors (Lipinski definition) is 0. The van der Waals surface area contributed by atoms with E-state index in [4.69, 9.17) is 14.2 Å². The van der Waals surface area contributed by atoms with E-state index in [0.29, 0.717) is 49.6 Å². The predicted molar refractivity (Wildman–Crippen MR) is 103 cm³/mol. The smallest absolute Gasteiger partial charge is 0.226 e. The summed E-state index contributed by atoms with van der Waals surface area (Å²) in [4.78, 5) is 27.0. The number of likely N-dealkylation sites (tertiary alicyclic amines) is 1. The van der Waals surface area contributed by atoms with Gasteiger partial charge < -0.3 is 19.1 Å². The molecule has 0 bridgehead atoms. The molecule has 2 aliphatic rings. The van der Waals surface area contributed by atoms with Crippen molar-refractivity contribution in [3.8, 4) is 17.2 Å². The fraction of sp³-hybridized carbons (Fsp3) is 0.364. The number of carbonyl (C=O) groups is 2. The Labute approximate surface area is 164 Å². The first-order chi connectivity index (χ1) is 13.6. The number of fused-ring (bicyclic) bond motifs is 1. The van der Waals surface area contributed by atoms with Gasteiger partial charge in [-0.3, -0.25) is 9.59 Å². The third-order valence-electron chi connectivity index (χ3n) is 5.29. The van der Waals surface area contributed by atoms with Gasteiger partial charge in [-0.25, -0.2) is 0 Å². The Kier molecular flexibility index (Phi) is 4.94. The van der Waals surface area contributed by atoms with Gasteiger partial charge >= 0.3 is 0 Å². The fourth-order valence-electron chi connectivity index (χ4n) is 3.82. The van der Waals surface area contributed by atoms with Crippen LogP contribution in [0.4, 0.5) is 0 Å². The number of hydrogen-bond acceptors (Lipinski definition) is 5. The molecule has 1 fully saturated rings. The first-order valence-electron chi connectivity index (χ1n) is 9.44. The van der Waals surface area contributed by atoms with Crippen molar-refractivity contribution in [2.24, 2.45) is 0 Å². The number of amides is 1. The second-order valence-electron chi connectivity index (χ2n) is 7.22. The summed E-state index contributed by atoms with van der Waals surface area (Å²) < 4.78 is 17.0. The topological polar surface area (TPSA) is 65.1 Å². The molecule has 2 heterocycles. The molecule has 2 aromatic rings. The minimum atomic E-state index is -0.630. The maximum absolute atomic E-state index is 12.7. The predicted octanol–water partition coefficient (Wildman–Crippen LogP) is 3.10. The van der Waals surface area contributed by atoms with Crippen molar-refractivity contribution in [2.45, 2.75) is 24.9 Å². The second kappa shape index (κ2) is 7.54. The van der Waals surface area contributed by atoms with E-state index < -0.39 is 5.60 Å². The van der Waals surface area contributed by atoms with Crippen LogP contribution in [0.2, 0.25) is 0 Å². The zero-order valence-electron chi connectivity index (χ0n) is 15.8. The first kappa shape index (κ1) is 18.3. The first-order valence-corrected chi connectivity index (χ1v) is 9.44. The molecule has 1 spiro atoms. The van der Waals surface area contributed by atoms with E-state index in [-0.39, 0.29) is 18.1 Å². The number of nitrogens with zero attached hydrogens (tertiary/aromatic N) is 1. The quantitative estimate of drug-likeness (QED) is 0.796. The van der Waals surface area contributed by atoms with E-state index in [1.54, 1.807) is 30.2 Å². The molecular formula is C22H23NO5. The number of para-hydroxylation sites is 1. The second-order valence-corrected chi connectivity index (χ2v) is 7.22. The van der Waals surface area contributed by atoms with Crippen molar-refractivity contribution in [1.82, 2.24) is 4.90 Å². The van der Waals surface area contributed by atoms with Gasteiger partial charge in [-0.2, -0.15) is 0 Å². The highest BCUT2D eigenvalue weighted by Crippen LogP contribution is 2.40. The SMILES string of the molecule is COc1ccc2c(c1)C(=O)CC1(CCN(C(=O)CCOc3ccccc3)C1)O2. The van der Waals surface area contributed by atoms with Gasteiger partial charge in [0.15, 0.2) is 5.78 Å². The van der Waals surface area contributed by atoms with Crippen molar-refractivity contribution in [1.29, 1.82) is 0 Å². The molecule has 0 radical (unpaired) electrons. The molecule has 1 unspecified atom stereocenters. The van der Waals surface area contributed by atoms with Gasteiger partial charge in [0.25, 0.3) is 0 Å². The summed E-state index contributed by atoms with van der Waals surface area (Å²) >= 11 is 0. The summed E-state index contributed by atoms with van der Waals surface area (Å²) in [5, 5.41) is 0. The number of rotatable bonds is 5. The van der Waals surface area contributed by atoms with Crippen LogP contribution in [0.3, 0.4) is 0 Å². The van der Waals surface area contributed by atoms with E-state index in [2.05, 4.69) is 0 Å². The summed E-state index contributed by atoms with van der Waals surface area (Å²) in [5.74, 6) is 2.00. The average Bonchev–Trinajstić information content (AvgIpc) is 3.11. The van der Waals surface area contributed by atoms with E-state index >= 15 is 0 Å². The van der Waals surface area contributed by atoms with Crippen LogP contribution in [-0.2, 0) is 4.79 Å². The number of methoxy groups -OCH3 is 1. The molecule has 2 aromatic carbocycles.